The standard InChI is InChI=1S/C17H21BrN4O/c1-10(2)9-19-16(23)15-8-12(4)20-17(22-15)21-13-5-6-14(18)11(3)7-13/h5-8,10H,9H2,1-4H3,(H,19,23)(H,20,21,22). The van der Waals surface area contributed by atoms with Crippen LogP contribution in [0.4, 0.5) is 11.6 Å². The maximum Gasteiger partial charge on any atom is 0.270 e. The van der Waals surface area contributed by atoms with Crippen LogP contribution in [0.2, 0.25) is 0 Å². The summed E-state index contributed by atoms with van der Waals surface area (Å²) in [5.41, 5.74) is 3.10. The lowest BCUT2D eigenvalue weighted by atomic mass is 10.2. The summed E-state index contributed by atoms with van der Waals surface area (Å²) in [4.78, 5) is 20.8. The summed E-state index contributed by atoms with van der Waals surface area (Å²) < 4.78 is 1.04. The van der Waals surface area contributed by atoms with Gasteiger partial charge in [-0.05, 0) is 49.6 Å². The van der Waals surface area contributed by atoms with E-state index >= 15 is 0 Å². The first-order chi connectivity index (χ1) is 10.8. The quantitative estimate of drug-likeness (QED) is 0.827. The van der Waals surface area contributed by atoms with E-state index in [9.17, 15) is 4.79 Å². The Morgan fingerprint density at radius 2 is 1.96 bits per heavy atom. The molecule has 23 heavy (non-hydrogen) atoms. The molecule has 1 aromatic heterocycles. The Hall–Kier alpha value is -1.95. The fourth-order valence-corrected chi connectivity index (χ4v) is 2.23. The van der Waals surface area contributed by atoms with Gasteiger partial charge in [0, 0.05) is 22.4 Å². The highest BCUT2D eigenvalue weighted by molar-refractivity contribution is 9.10. The highest BCUT2D eigenvalue weighted by Gasteiger charge is 2.11. The molecule has 1 aromatic carbocycles. The summed E-state index contributed by atoms with van der Waals surface area (Å²) in [6.07, 6.45) is 0. The van der Waals surface area contributed by atoms with Gasteiger partial charge in [0.1, 0.15) is 5.69 Å². The van der Waals surface area contributed by atoms with Gasteiger partial charge in [0.05, 0.1) is 0 Å². The lowest BCUT2D eigenvalue weighted by molar-refractivity contribution is 0.0944. The molecule has 0 aliphatic heterocycles. The van der Waals surface area contributed by atoms with Crippen molar-refractivity contribution in [1.29, 1.82) is 0 Å². The number of carbonyl (C=O) groups is 1. The molecule has 0 saturated carbocycles. The summed E-state index contributed by atoms with van der Waals surface area (Å²) in [6, 6.07) is 7.58. The molecule has 0 aliphatic rings. The summed E-state index contributed by atoms with van der Waals surface area (Å²) in [5, 5.41) is 6.02. The molecule has 0 fully saturated rings. The number of aromatic nitrogens is 2. The Morgan fingerprint density at radius 1 is 1.22 bits per heavy atom. The lowest BCUT2D eigenvalue weighted by Gasteiger charge is -2.10. The first kappa shape index (κ1) is 17.4. The van der Waals surface area contributed by atoms with E-state index in [2.05, 4.69) is 36.5 Å². The number of halogens is 1. The zero-order valence-electron chi connectivity index (χ0n) is 13.8. The van der Waals surface area contributed by atoms with Gasteiger partial charge in [-0.2, -0.15) is 0 Å². The van der Waals surface area contributed by atoms with Crippen molar-refractivity contribution in [2.45, 2.75) is 27.7 Å². The molecule has 0 bridgehead atoms. The van der Waals surface area contributed by atoms with Crippen LogP contribution in [0.15, 0.2) is 28.7 Å². The maximum absolute atomic E-state index is 12.2. The molecule has 6 heteroatoms. The van der Waals surface area contributed by atoms with E-state index in [0.717, 1.165) is 21.4 Å². The van der Waals surface area contributed by atoms with Crippen molar-refractivity contribution >= 4 is 33.5 Å². The molecule has 0 radical (unpaired) electrons. The highest BCUT2D eigenvalue weighted by Crippen LogP contribution is 2.22. The highest BCUT2D eigenvalue weighted by atomic mass is 79.9. The largest absolute Gasteiger partial charge is 0.350 e. The second-order valence-corrected chi connectivity index (χ2v) is 6.77. The predicted octanol–water partition coefficient (Wildman–Crippen LogP) is 3.99. The summed E-state index contributed by atoms with van der Waals surface area (Å²) in [7, 11) is 0. The zero-order valence-corrected chi connectivity index (χ0v) is 15.4. The van der Waals surface area contributed by atoms with Crippen LogP contribution >= 0.6 is 15.9 Å². The van der Waals surface area contributed by atoms with E-state index in [0.29, 0.717) is 24.1 Å². The molecule has 5 nitrogen and oxygen atoms in total. The molecule has 122 valence electrons. The lowest BCUT2D eigenvalue weighted by Crippen LogP contribution is -2.28. The van der Waals surface area contributed by atoms with Crippen LogP contribution in [0.5, 0.6) is 0 Å². The van der Waals surface area contributed by atoms with E-state index in [1.807, 2.05) is 45.9 Å². The molecule has 0 aliphatic carbocycles. The Morgan fingerprint density at radius 3 is 2.61 bits per heavy atom. The molecule has 2 N–H and O–H groups in total. The zero-order chi connectivity index (χ0) is 17.0. The number of aryl methyl sites for hydroxylation is 2. The number of anilines is 2. The van der Waals surface area contributed by atoms with Crippen molar-refractivity contribution in [2.75, 3.05) is 11.9 Å². The van der Waals surface area contributed by atoms with Crippen LogP contribution in [0, 0.1) is 19.8 Å². The number of carbonyl (C=O) groups excluding carboxylic acids is 1. The van der Waals surface area contributed by atoms with Gasteiger partial charge in [-0.3, -0.25) is 4.79 Å². The van der Waals surface area contributed by atoms with Crippen molar-refractivity contribution in [3.8, 4) is 0 Å². The van der Waals surface area contributed by atoms with Crippen LogP contribution in [-0.2, 0) is 0 Å². The molecule has 2 rings (SSSR count). The van der Waals surface area contributed by atoms with E-state index in [4.69, 9.17) is 0 Å². The summed E-state index contributed by atoms with van der Waals surface area (Å²) in [6.45, 7) is 8.58. The molecule has 0 unspecified atom stereocenters. The minimum atomic E-state index is -0.181. The molecule has 0 saturated heterocycles. The van der Waals surface area contributed by atoms with Crippen LogP contribution in [0.1, 0.15) is 35.6 Å². The third kappa shape index (κ3) is 5.03. The van der Waals surface area contributed by atoms with Gasteiger partial charge in [-0.25, -0.2) is 9.97 Å². The van der Waals surface area contributed by atoms with E-state index in [1.54, 1.807) is 6.07 Å². The smallest absolute Gasteiger partial charge is 0.270 e. The molecule has 0 atom stereocenters. The van der Waals surface area contributed by atoms with Crippen LogP contribution in [0.3, 0.4) is 0 Å². The van der Waals surface area contributed by atoms with Crippen LogP contribution in [0.25, 0.3) is 0 Å². The average Bonchev–Trinajstić information content (AvgIpc) is 2.48. The second-order valence-electron chi connectivity index (χ2n) is 5.91. The number of hydrogen-bond acceptors (Lipinski definition) is 4. The van der Waals surface area contributed by atoms with Crippen LogP contribution < -0.4 is 10.6 Å². The van der Waals surface area contributed by atoms with Gasteiger partial charge in [0.2, 0.25) is 5.95 Å². The van der Waals surface area contributed by atoms with Gasteiger partial charge in [-0.1, -0.05) is 29.8 Å². The summed E-state index contributed by atoms with van der Waals surface area (Å²) >= 11 is 3.47. The SMILES string of the molecule is Cc1cc(C(=O)NCC(C)C)nc(Nc2ccc(Br)c(C)c2)n1. The minimum absolute atomic E-state index is 0.181. The van der Waals surface area contributed by atoms with Crippen molar-refractivity contribution < 1.29 is 4.79 Å². The number of hydrogen-bond donors (Lipinski definition) is 2. The van der Waals surface area contributed by atoms with E-state index in [-0.39, 0.29) is 5.91 Å². The van der Waals surface area contributed by atoms with Gasteiger partial charge in [-0.15, -0.1) is 0 Å². The Kier molecular flexibility index (Phi) is 5.71. The fraction of sp³-hybridized carbons (Fsp3) is 0.353. The molecule has 1 amide bonds. The minimum Gasteiger partial charge on any atom is -0.350 e. The third-order valence-electron chi connectivity index (χ3n) is 3.17. The molecule has 1 heterocycles. The first-order valence-electron chi connectivity index (χ1n) is 7.52. The normalized spacial score (nSPS) is 10.7. The first-order valence-corrected chi connectivity index (χ1v) is 8.31. The van der Waals surface area contributed by atoms with Gasteiger partial charge < -0.3 is 10.6 Å². The van der Waals surface area contributed by atoms with Crippen molar-refractivity contribution in [3.63, 3.8) is 0 Å². The number of nitrogens with one attached hydrogen (secondary N) is 2. The van der Waals surface area contributed by atoms with E-state index in [1.165, 1.54) is 0 Å². The molecular formula is C17H21BrN4O. The molecular weight excluding hydrogens is 356 g/mol. The van der Waals surface area contributed by atoms with Gasteiger partial charge >= 0.3 is 0 Å². The Balaban J connectivity index is 2.19. The maximum atomic E-state index is 12.2. The Bertz CT molecular complexity index is 716. The van der Waals surface area contributed by atoms with Gasteiger partial charge in [0.15, 0.2) is 0 Å². The molecule has 2 aromatic rings. The fourth-order valence-electron chi connectivity index (χ4n) is 1.98. The topological polar surface area (TPSA) is 66.9 Å². The molecule has 0 spiro atoms. The van der Waals surface area contributed by atoms with Gasteiger partial charge in [0.25, 0.3) is 5.91 Å². The summed E-state index contributed by atoms with van der Waals surface area (Å²) in [5.74, 6) is 0.630. The number of rotatable bonds is 5. The van der Waals surface area contributed by atoms with E-state index < -0.39 is 0 Å². The third-order valence-corrected chi connectivity index (χ3v) is 4.06. The van der Waals surface area contributed by atoms with Crippen LogP contribution in [-0.4, -0.2) is 22.4 Å². The van der Waals surface area contributed by atoms with Crippen molar-refractivity contribution in [1.82, 2.24) is 15.3 Å². The second kappa shape index (κ2) is 7.55. The number of nitrogens with zero attached hydrogens (tertiary/aromatic N) is 2. The number of amides is 1. The average molecular weight is 377 g/mol. The van der Waals surface area contributed by atoms with Crippen molar-refractivity contribution in [3.05, 3.63) is 45.7 Å². The predicted molar refractivity (Wildman–Crippen MR) is 96.1 cm³/mol. The monoisotopic (exact) mass is 376 g/mol. The Labute approximate surface area is 145 Å². The number of benzene rings is 1. The van der Waals surface area contributed by atoms with Crippen molar-refractivity contribution in [2.24, 2.45) is 5.92 Å².